The van der Waals surface area contributed by atoms with E-state index in [-0.39, 0.29) is 5.97 Å². The van der Waals surface area contributed by atoms with E-state index in [9.17, 15) is 9.90 Å². The van der Waals surface area contributed by atoms with Gasteiger partial charge in [0.25, 0.3) is 0 Å². The molecular formula is C16H24O3. The summed E-state index contributed by atoms with van der Waals surface area (Å²) in [5.41, 5.74) is 0.00831. The van der Waals surface area contributed by atoms with Gasteiger partial charge in [-0.1, -0.05) is 26.0 Å². The highest BCUT2D eigenvalue weighted by Crippen LogP contribution is 2.25. The average molecular weight is 264 g/mol. The molecule has 0 bridgehead atoms. The molecule has 0 fully saturated rings. The average Bonchev–Trinajstić information content (AvgIpc) is 2.38. The third-order valence-corrected chi connectivity index (χ3v) is 3.65. The Morgan fingerprint density at radius 2 is 1.63 bits per heavy atom. The minimum Gasteiger partial charge on any atom is -0.456 e. The van der Waals surface area contributed by atoms with Crippen molar-refractivity contribution in [2.75, 3.05) is 0 Å². The smallest absolute Gasteiger partial charge is 0.338 e. The second-order valence-electron chi connectivity index (χ2n) is 5.71. The van der Waals surface area contributed by atoms with Crippen molar-refractivity contribution in [2.24, 2.45) is 0 Å². The molecular weight excluding hydrogens is 240 g/mol. The zero-order chi connectivity index (χ0) is 14.7. The first kappa shape index (κ1) is 15.7. The fourth-order valence-corrected chi connectivity index (χ4v) is 1.55. The Morgan fingerprint density at radius 3 is 2.05 bits per heavy atom. The first-order valence-corrected chi connectivity index (χ1v) is 6.78. The summed E-state index contributed by atoms with van der Waals surface area (Å²) >= 11 is 0. The number of ether oxygens (including phenoxy) is 1. The molecule has 3 heteroatoms. The van der Waals surface area contributed by atoms with Crippen LogP contribution in [0.25, 0.3) is 0 Å². The lowest BCUT2D eigenvalue weighted by Crippen LogP contribution is -2.27. The van der Waals surface area contributed by atoms with E-state index in [1.807, 2.05) is 27.7 Å². The number of hydrogen-bond donors (Lipinski definition) is 1. The molecule has 3 nitrogen and oxygen atoms in total. The molecule has 106 valence electrons. The van der Waals surface area contributed by atoms with Gasteiger partial charge in [0.1, 0.15) is 5.60 Å². The molecule has 0 aliphatic rings. The summed E-state index contributed by atoms with van der Waals surface area (Å²) in [5, 5.41) is 10.1. The predicted molar refractivity (Wildman–Crippen MR) is 76.1 cm³/mol. The topological polar surface area (TPSA) is 46.5 Å². The number of rotatable bonds is 5. The van der Waals surface area contributed by atoms with Crippen molar-refractivity contribution < 1.29 is 14.6 Å². The van der Waals surface area contributed by atoms with Crippen LogP contribution < -0.4 is 0 Å². The molecule has 0 heterocycles. The summed E-state index contributed by atoms with van der Waals surface area (Å²) in [6.07, 6.45) is 1.39. The van der Waals surface area contributed by atoms with Gasteiger partial charge >= 0.3 is 5.97 Å². The Labute approximate surface area is 115 Å². The number of carbonyl (C=O) groups excluding carboxylic acids is 1. The summed E-state index contributed by atoms with van der Waals surface area (Å²) in [6, 6.07) is 6.96. The van der Waals surface area contributed by atoms with Crippen LogP contribution in [0.3, 0.4) is 0 Å². The molecule has 0 aromatic heterocycles. The third kappa shape index (κ3) is 4.06. The highest BCUT2D eigenvalue weighted by atomic mass is 16.6. The Balaban J connectivity index is 2.85. The number of carbonyl (C=O) groups is 1. The van der Waals surface area contributed by atoms with Gasteiger partial charge in [0.05, 0.1) is 11.2 Å². The third-order valence-electron chi connectivity index (χ3n) is 3.65. The Bertz CT molecular complexity index is 430. The van der Waals surface area contributed by atoms with E-state index in [0.717, 1.165) is 12.0 Å². The molecule has 1 N–H and O–H groups in total. The predicted octanol–water partition coefficient (Wildman–Crippen LogP) is 3.65. The highest BCUT2D eigenvalue weighted by Gasteiger charge is 2.23. The van der Waals surface area contributed by atoms with Crippen LogP contribution in [-0.2, 0) is 10.3 Å². The minimum atomic E-state index is -0.856. The lowest BCUT2D eigenvalue weighted by atomic mass is 9.93. The lowest BCUT2D eigenvalue weighted by molar-refractivity contribution is -0.00250. The molecule has 1 aromatic carbocycles. The molecule has 0 saturated carbocycles. The van der Waals surface area contributed by atoms with Crippen molar-refractivity contribution in [1.29, 1.82) is 0 Å². The molecule has 1 rings (SSSR count). The van der Waals surface area contributed by atoms with Crippen LogP contribution in [0, 0.1) is 0 Å². The van der Waals surface area contributed by atoms with Crippen LogP contribution >= 0.6 is 0 Å². The van der Waals surface area contributed by atoms with Crippen LogP contribution in [0.15, 0.2) is 24.3 Å². The van der Waals surface area contributed by atoms with Crippen LogP contribution in [0.2, 0.25) is 0 Å². The van der Waals surface area contributed by atoms with E-state index in [4.69, 9.17) is 4.74 Å². The monoisotopic (exact) mass is 264 g/mol. The summed E-state index contributed by atoms with van der Waals surface area (Å²) in [5.74, 6) is -0.324. The first-order valence-electron chi connectivity index (χ1n) is 6.78. The molecule has 19 heavy (non-hydrogen) atoms. The van der Waals surface area contributed by atoms with Crippen molar-refractivity contribution in [1.82, 2.24) is 0 Å². The van der Waals surface area contributed by atoms with Crippen molar-refractivity contribution in [3.63, 3.8) is 0 Å². The minimum absolute atomic E-state index is 0.324. The van der Waals surface area contributed by atoms with Gasteiger partial charge in [-0.15, -0.1) is 0 Å². The maximum absolute atomic E-state index is 12.0. The standard InChI is InChI=1S/C16H24O3/c1-6-15(3,4)19-14(17)12-8-10-13(11-9-12)16(5,18)7-2/h8-11,18H,6-7H2,1-5H3. The van der Waals surface area contributed by atoms with Crippen LogP contribution in [0.1, 0.15) is 63.4 Å². The van der Waals surface area contributed by atoms with Gasteiger partial charge in [-0.2, -0.15) is 0 Å². The zero-order valence-electron chi connectivity index (χ0n) is 12.5. The molecule has 0 amide bonds. The second kappa shape index (κ2) is 5.74. The maximum atomic E-state index is 12.0. The van der Waals surface area contributed by atoms with Crippen molar-refractivity contribution in [2.45, 2.75) is 58.7 Å². The van der Waals surface area contributed by atoms with Crippen molar-refractivity contribution >= 4 is 5.97 Å². The number of hydrogen-bond acceptors (Lipinski definition) is 3. The fraction of sp³-hybridized carbons (Fsp3) is 0.562. The van der Waals surface area contributed by atoms with E-state index in [1.165, 1.54) is 0 Å². The summed E-state index contributed by atoms with van der Waals surface area (Å²) in [7, 11) is 0. The van der Waals surface area contributed by atoms with Gasteiger partial charge in [0, 0.05) is 0 Å². The van der Waals surface area contributed by atoms with Gasteiger partial charge in [-0.05, 0) is 51.3 Å². The zero-order valence-corrected chi connectivity index (χ0v) is 12.5. The van der Waals surface area contributed by atoms with Crippen molar-refractivity contribution in [3.8, 4) is 0 Å². The van der Waals surface area contributed by atoms with Gasteiger partial charge in [-0.3, -0.25) is 0 Å². The van der Waals surface area contributed by atoms with E-state index < -0.39 is 11.2 Å². The van der Waals surface area contributed by atoms with E-state index in [1.54, 1.807) is 31.2 Å². The highest BCUT2D eigenvalue weighted by molar-refractivity contribution is 5.89. The first-order chi connectivity index (χ1) is 8.72. The Hall–Kier alpha value is -1.35. The molecule has 1 unspecified atom stereocenters. The number of esters is 1. The van der Waals surface area contributed by atoms with Crippen LogP contribution in [-0.4, -0.2) is 16.7 Å². The largest absolute Gasteiger partial charge is 0.456 e. The van der Waals surface area contributed by atoms with E-state index in [0.29, 0.717) is 12.0 Å². The van der Waals surface area contributed by atoms with E-state index in [2.05, 4.69) is 0 Å². The molecule has 1 aromatic rings. The Morgan fingerprint density at radius 1 is 1.11 bits per heavy atom. The number of aliphatic hydroxyl groups is 1. The van der Waals surface area contributed by atoms with Crippen molar-refractivity contribution in [3.05, 3.63) is 35.4 Å². The molecule has 0 radical (unpaired) electrons. The summed E-state index contributed by atoms with van der Waals surface area (Å²) in [4.78, 5) is 12.0. The molecule has 0 saturated heterocycles. The normalized spacial score (nSPS) is 14.8. The van der Waals surface area contributed by atoms with E-state index >= 15 is 0 Å². The Kier molecular flexibility index (Phi) is 4.75. The maximum Gasteiger partial charge on any atom is 0.338 e. The van der Waals surface area contributed by atoms with Gasteiger partial charge in [0.2, 0.25) is 0 Å². The molecule has 0 spiro atoms. The molecule has 0 aliphatic heterocycles. The SMILES string of the molecule is CCC(C)(C)OC(=O)c1ccc(C(C)(O)CC)cc1. The fourth-order valence-electron chi connectivity index (χ4n) is 1.55. The molecule has 1 atom stereocenters. The lowest BCUT2D eigenvalue weighted by Gasteiger charge is -2.24. The van der Waals surface area contributed by atoms with Gasteiger partial charge in [0.15, 0.2) is 0 Å². The summed E-state index contributed by atoms with van der Waals surface area (Å²) < 4.78 is 5.42. The van der Waals surface area contributed by atoms with Crippen LogP contribution in [0.5, 0.6) is 0 Å². The quantitative estimate of drug-likeness (QED) is 0.826. The second-order valence-corrected chi connectivity index (χ2v) is 5.71. The van der Waals surface area contributed by atoms with Gasteiger partial charge < -0.3 is 9.84 Å². The van der Waals surface area contributed by atoms with Crippen LogP contribution in [0.4, 0.5) is 0 Å². The van der Waals surface area contributed by atoms with Gasteiger partial charge in [-0.25, -0.2) is 4.79 Å². The summed E-state index contributed by atoms with van der Waals surface area (Å²) in [6.45, 7) is 9.45. The number of benzene rings is 1. The molecule has 0 aliphatic carbocycles.